The highest BCUT2D eigenvalue weighted by Crippen LogP contribution is 2.34. The number of fused-ring (bicyclic) bond motifs is 3. The Labute approximate surface area is 92.5 Å². The van der Waals surface area contributed by atoms with Crippen molar-refractivity contribution in [2.45, 2.75) is 12.8 Å². The van der Waals surface area contributed by atoms with Gasteiger partial charge in [0, 0.05) is 10.9 Å². The summed E-state index contributed by atoms with van der Waals surface area (Å²) >= 11 is 0. The third-order valence-corrected chi connectivity index (χ3v) is 2.95. The molecular weight excluding hydrogens is 202 g/mol. The molecule has 0 aliphatic heterocycles. The number of carbonyl (C=O) groups excluding carboxylic acids is 1. The first-order chi connectivity index (χ1) is 7.77. The van der Waals surface area contributed by atoms with Crippen molar-refractivity contribution >= 4 is 22.4 Å². The van der Waals surface area contributed by atoms with E-state index < -0.39 is 5.91 Å². The van der Waals surface area contributed by atoms with E-state index in [1.165, 1.54) is 0 Å². The van der Waals surface area contributed by atoms with Crippen LogP contribution in [0.3, 0.4) is 0 Å². The number of amides is 1. The average Bonchev–Trinajstić information content (AvgIpc) is 2.67. The van der Waals surface area contributed by atoms with Crippen molar-refractivity contribution in [2.24, 2.45) is 5.73 Å². The van der Waals surface area contributed by atoms with Crippen molar-refractivity contribution in [3.05, 3.63) is 41.7 Å². The van der Waals surface area contributed by atoms with Gasteiger partial charge in [-0.2, -0.15) is 0 Å². The maximum atomic E-state index is 11.3. The number of carbonyl (C=O) groups is 1. The van der Waals surface area contributed by atoms with E-state index in [0.29, 0.717) is 11.3 Å². The molecule has 0 spiro atoms. The fourth-order valence-corrected chi connectivity index (χ4v) is 2.23. The van der Waals surface area contributed by atoms with E-state index >= 15 is 0 Å². The van der Waals surface area contributed by atoms with Crippen LogP contribution in [0.5, 0.6) is 0 Å². The van der Waals surface area contributed by atoms with Gasteiger partial charge < -0.3 is 10.2 Å². The summed E-state index contributed by atoms with van der Waals surface area (Å²) in [5, 5.41) is 1.09. The SMILES string of the molecule is NC(=O)C1=CCCc2c1oc1ccccc21. The summed E-state index contributed by atoms with van der Waals surface area (Å²) in [5.74, 6) is 0.236. The molecule has 0 atom stereocenters. The maximum Gasteiger partial charge on any atom is 0.252 e. The van der Waals surface area contributed by atoms with Crippen LogP contribution in [-0.2, 0) is 11.2 Å². The van der Waals surface area contributed by atoms with Gasteiger partial charge in [0.1, 0.15) is 11.3 Å². The zero-order valence-electron chi connectivity index (χ0n) is 8.69. The van der Waals surface area contributed by atoms with E-state index in [2.05, 4.69) is 0 Å². The molecule has 2 N–H and O–H groups in total. The standard InChI is InChI=1S/C13H11NO2/c14-13(15)10-6-3-5-9-8-4-1-2-7-11(8)16-12(9)10/h1-2,4,6-7H,3,5H2,(H2,14,15). The van der Waals surface area contributed by atoms with Gasteiger partial charge in [-0.15, -0.1) is 0 Å². The molecule has 1 amide bonds. The lowest BCUT2D eigenvalue weighted by Gasteiger charge is -2.09. The summed E-state index contributed by atoms with van der Waals surface area (Å²) in [6.45, 7) is 0. The highest BCUT2D eigenvalue weighted by Gasteiger charge is 2.23. The van der Waals surface area contributed by atoms with Gasteiger partial charge in [-0.05, 0) is 18.9 Å². The molecular formula is C13H11NO2. The maximum absolute atomic E-state index is 11.3. The van der Waals surface area contributed by atoms with Crippen LogP contribution in [0.1, 0.15) is 17.7 Å². The Bertz CT molecular complexity index is 607. The minimum Gasteiger partial charge on any atom is -0.456 e. The van der Waals surface area contributed by atoms with Crippen LogP contribution in [0.2, 0.25) is 0 Å². The molecule has 1 aliphatic carbocycles. The third-order valence-electron chi connectivity index (χ3n) is 2.95. The number of nitrogens with two attached hydrogens (primary N) is 1. The highest BCUT2D eigenvalue weighted by molar-refractivity contribution is 6.19. The summed E-state index contributed by atoms with van der Waals surface area (Å²) in [6, 6.07) is 7.82. The number of primary amides is 1. The fraction of sp³-hybridized carbons (Fsp3) is 0.154. The van der Waals surface area contributed by atoms with Crippen LogP contribution < -0.4 is 5.73 Å². The summed E-state index contributed by atoms with van der Waals surface area (Å²) in [4.78, 5) is 11.3. The first-order valence-electron chi connectivity index (χ1n) is 5.28. The van der Waals surface area contributed by atoms with Crippen LogP contribution in [0.25, 0.3) is 16.5 Å². The average molecular weight is 213 g/mol. The lowest BCUT2D eigenvalue weighted by Crippen LogP contribution is -2.15. The van der Waals surface area contributed by atoms with E-state index in [1.54, 1.807) is 0 Å². The van der Waals surface area contributed by atoms with Gasteiger partial charge in [0.05, 0.1) is 5.57 Å². The van der Waals surface area contributed by atoms with Crippen LogP contribution >= 0.6 is 0 Å². The molecule has 3 heteroatoms. The number of aryl methyl sites for hydroxylation is 1. The zero-order valence-corrected chi connectivity index (χ0v) is 8.69. The Hall–Kier alpha value is -2.03. The van der Waals surface area contributed by atoms with Crippen LogP contribution in [0.15, 0.2) is 34.8 Å². The summed E-state index contributed by atoms with van der Waals surface area (Å²) in [7, 11) is 0. The van der Waals surface area contributed by atoms with E-state index in [-0.39, 0.29) is 0 Å². The van der Waals surface area contributed by atoms with Gasteiger partial charge in [-0.25, -0.2) is 0 Å². The summed E-state index contributed by atoms with van der Waals surface area (Å²) in [5.41, 5.74) is 7.77. The van der Waals surface area contributed by atoms with Crippen molar-refractivity contribution in [1.29, 1.82) is 0 Å². The van der Waals surface area contributed by atoms with Gasteiger partial charge in [0.2, 0.25) is 0 Å². The van der Waals surface area contributed by atoms with Crippen molar-refractivity contribution < 1.29 is 9.21 Å². The molecule has 0 bridgehead atoms. The van der Waals surface area contributed by atoms with Crippen molar-refractivity contribution in [3.63, 3.8) is 0 Å². The predicted octanol–water partition coefficient (Wildman–Crippen LogP) is 2.25. The molecule has 0 radical (unpaired) electrons. The Morgan fingerprint density at radius 3 is 2.94 bits per heavy atom. The van der Waals surface area contributed by atoms with Crippen molar-refractivity contribution in [1.82, 2.24) is 0 Å². The van der Waals surface area contributed by atoms with Crippen LogP contribution in [0, 0.1) is 0 Å². The second-order valence-corrected chi connectivity index (χ2v) is 3.93. The lowest BCUT2D eigenvalue weighted by atomic mass is 9.95. The number of allylic oxidation sites excluding steroid dienone is 1. The molecule has 0 saturated carbocycles. The monoisotopic (exact) mass is 213 g/mol. The third kappa shape index (κ3) is 1.18. The molecule has 80 valence electrons. The van der Waals surface area contributed by atoms with E-state index in [1.807, 2.05) is 30.3 Å². The Balaban J connectivity index is 2.31. The second-order valence-electron chi connectivity index (χ2n) is 3.93. The molecule has 0 saturated heterocycles. The minimum atomic E-state index is -0.417. The van der Waals surface area contributed by atoms with Crippen molar-refractivity contribution in [3.8, 4) is 0 Å². The van der Waals surface area contributed by atoms with Gasteiger partial charge in [-0.1, -0.05) is 24.3 Å². The molecule has 2 aromatic rings. The first-order valence-corrected chi connectivity index (χ1v) is 5.28. The van der Waals surface area contributed by atoms with E-state index in [4.69, 9.17) is 10.2 Å². The predicted molar refractivity (Wildman–Crippen MR) is 61.7 cm³/mol. The van der Waals surface area contributed by atoms with E-state index in [0.717, 1.165) is 29.4 Å². The molecule has 0 unspecified atom stereocenters. The molecule has 1 aromatic carbocycles. The minimum absolute atomic E-state index is 0.417. The smallest absolute Gasteiger partial charge is 0.252 e. The number of rotatable bonds is 1. The Morgan fingerprint density at radius 2 is 2.12 bits per heavy atom. The topological polar surface area (TPSA) is 56.2 Å². The highest BCUT2D eigenvalue weighted by atomic mass is 16.3. The quantitative estimate of drug-likeness (QED) is 0.789. The number of benzene rings is 1. The fourth-order valence-electron chi connectivity index (χ4n) is 2.23. The molecule has 3 rings (SSSR count). The summed E-state index contributed by atoms with van der Waals surface area (Å²) < 4.78 is 5.70. The van der Waals surface area contributed by atoms with Gasteiger partial charge >= 0.3 is 0 Å². The van der Waals surface area contributed by atoms with Gasteiger partial charge in [0.25, 0.3) is 5.91 Å². The summed E-state index contributed by atoms with van der Waals surface area (Å²) in [6.07, 6.45) is 3.60. The Morgan fingerprint density at radius 1 is 1.31 bits per heavy atom. The molecule has 1 aliphatic rings. The van der Waals surface area contributed by atoms with Gasteiger partial charge in [-0.3, -0.25) is 4.79 Å². The van der Waals surface area contributed by atoms with Gasteiger partial charge in [0.15, 0.2) is 0 Å². The zero-order chi connectivity index (χ0) is 11.1. The first kappa shape index (κ1) is 9.21. The molecule has 16 heavy (non-hydrogen) atoms. The Kier molecular flexibility index (Phi) is 1.86. The number of hydrogen-bond acceptors (Lipinski definition) is 2. The normalized spacial score (nSPS) is 14.6. The molecule has 3 nitrogen and oxygen atoms in total. The van der Waals surface area contributed by atoms with Crippen LogP contribution in [-0.4, -0.2) is 5.91 Å². The number of furan rings is 1. The number of hydrogen-bond donors (Lipinski definition) is 1. The molecule has 1 aromatic heterocycles. The van der Waals surface area contributed by atoms with Crippen molar-refractivity contribution in [2.75, 3.05) is 0 Å². The molecule has 0 fully saturated rings. The second kappa shape index (κ2) is 3.23. The van der Waals surface area contributed by atoms with E-state index in [9.17, 15) is 4.79 Å². The molecule has 1 heterocycles. The van der Waals surface area contributed by atoms with Crippen LogP contribution in [0.4, 0.5) is 0 Å². The lowest BCUT2D eigenvalue weighted by molar-refractivity contribution is -0.112. The number of para-hydroxylation sites is 1. The largest absolute Gasteiger partial charge is 0.456 e.